The zero-order chi connectivity index (χ0) is 44.9. The molecule has 5 aromatic rings. The number of carbonyl (C=O) groups excluding carboxylic acids is 1. The number of fused-ring (bicyclic) bond motifs is 2. The first kappa shape index (κ1) is 43.2. The number of ether oxygens (including phenoxy) is 3. The van der Waals surface area contributed by atoms with Gasteiger partial charge in [-0.1, -0.05) is 38.1 Å². The van der Waals surface area contributed by atoms with Crippen LogP contribution in [-0.4, -0.2) is 110 Å². The molecular formula is C48H56N8O8S. The third kappa shape index (κ3) is 8.74. The Bertz CT molecular complexity index is 2700. The van der Waals surface area contributed by atoms with Gasteiger partial charge in [0.15, 0.2) is 11.4 Å². The number of nitro groups is 1. The molecule has 1 saturated carbocycles. The molecular weight excluding hydrogens is 849 g/mol. The van der Waals surface area contributed by atoms with Crippen LogP contribution in [0.4, 0.5) is 17.1 Å². The first-order valence-corrected chi connectivity index (χ1v) is 24.3. The van der Waals surface area contributed by atoms with Crippen LogP contribution < -0.4 is 24.4 Å². The molecule has 1 spiro atoms. The Morgan fingerprint density at radius 2 is 1.83 bits per heavy atom. The number of piperidine rings is 1. The lowest BCUT2D eigenvalue weighted by atomic mass is 9.59. The first-order chi connectivity index (χ1) is 31.4. The fourth-order valence-corrected chi connectivity index (χ4v) is 11.8. The molecule has 2 unspecified atom stereocenters. The lowest BCUT2D eigenvalue weighted by Gasteiger charge is -2.56. The van der Waals surface area contributed by atoms with Crippen LogP contribution in [0.2, 0.25) is 0 Å². The number of morpholine rings is 1. The van der Waals surface area contributed by atoms with Crippen molar-refractivity contribution in [2.24, 2.45) is 5.41 Å². The van der Waals surface area contributed by atoms with Crippen LogP contribution >= 0.6 is 0 Å². The Morgan fingerprint density at radius 1 is 1.03 bits per heavy atom. The zero-order valence-corrected chi connectivity index (χ0v) is 37.6. The van der Waals surface area contributed by atoms with Gasteiger partial charge in [0.05, 0.1) is 40.8 Å². The van der Waals surface area contributed by atoms with E-state index in [0.29, 0.717) is 54.6 Å². The predicted molar refractivity (Wildman–Crippen MR) is 247 cm³/mol. The summed E-state index contributed by atoms with van der Waals surface area (Å²) in [7, 11) is -4.64. The van der Waals surface area contributed by atoms with Gasteiger partial charge >= 0.3 is 0 Å². The highest BCUT2D eigenvalue weighted by Crippen LogP contribution is 2.54. The number of aromatic nitrogens is 2. The Hall–Kier alpha value is -5.75. The fourth-order valence-electron chi connectivity index (χ4n) is 10.8. The number of amides is 1. The second-order valence-electron chi connectivity index (χ2n) is 18.7. The number of sulfonamides is 1. The van der Waals surface area contributed by atoms with E-state index < -0.39 is 31.4 Å². The van der Waals surface area contributed by atoms with Crippen LogP contribution in [0.5, 0.6) is 17.2 Å². The summed E-state index contributed by atoms with van der Waals surface area (Å²) in [5.74, 6) is 0.0588. The highest BCUT2D eigenvalue weighted by Gasteiger charge is 2.50. The van der Waals surface area contributed by atoms with Crippen molar-refractivity contribution in [1.82, 2.24) is 24.5 Å². The van der Waals surface area contributed by atoms with Crippen LogP contribution in [0.25, 0.3) is 11.0 Å². The number of hydrogen-bond donors (Lipinski definition) is 3. The van der Waals surface area contributed by atoms with Crippen molar-refractivity contribution < 1.29 is 32.3 Å². The van der Waals surface area contributed by atoms with Gasteiger partial charge in [0.2, 0.25) is 0 Å². The zero-order valence-electron chi connectivity index (χ0n) is 36.8. The van der Waals surface area contributed by atoms with Crippen LogP contribution in [0, 0.1) is 15.5 Å². The van der Waals surface area contributed by atoms with Crippen LogP contribution in [-0.2, 0) is 14.8 Å². The van der Waals surface area contributed by atoms with Crippen molar-refractivity contribution in [3.8, 4) is 17.2 Å². The molecule has 2 aromatic heterocycles. The second-order valence-corrected chi connectivity index (χ2v) is 20.4. The quantitative estimate of drug-likeness (QED) is 0.0823. The molecule has 65 heavy (non-hydrogen) atoms. The molecule has 2 atom stereocenters. The molecule has 4 fully saturated rings. The van der Waals surface area contributed by atoms with Gasteiger partial charge in [-0.15, -0.1) is 0 Å². The van der Waals surface area contributed by atoms with Crippen molar-refractivity contribution in [2.45, 2.75) is 81.3 Å². The van der Waals surface area contributed by atoms with E-state index >= 15 is 0 Å². The maximum absolute atomic E-state index is 14.1. The van der Waals surface area contributed by atoms with Crippen molar-refractivity contribution in [3.63, 3.8) is 0 Å². The van der Waals surface area contributed by atoms with Gasteiger partial charge in [0.25, 0.3) is 21.6 Å². The number of benzene rings is 3. The maximum atomic E-state index is 14.1. The van der Waals surface area contributed by atoms with Crippen molar-refractivity contribution in [3.05, 3.63) is 106 Å². The average Bonchev–Trinajstić information content (AvgIpc) is 3.98. The number of rotatable bonds is 12. The largest absolute Gasteiger partial charge is 0.489 e. The monoisotopic (exact) mass is 904 g/mol. The van der Waals surface area contributed by atoms with E-state index in [2.05, 4.69) is 72.8 Å². The SMILES string of the molecule is CC(C)c1ccccc1C1CCCN1C1CC2(CCN(c3ccc(C(=O)NS(=O)(=O)c4cc5c(c([N+](=O)[O-])c4)NC(CN4CCOCC4)CO5)c(Oc4cnc5[nH]ccc5c4)c3)CC2)C1. The number of hydrogen-bond acceptors (Lipinski definition) is 13. The molecule has 342 valence electrons. The molecule has 0 radical (unpaired) electrons. The molecule has 5 aliphatic rings. The molecule has 4 aliphatic heterocycles. The van der Waals surface area contributed by atoms with Crippen molar-refractivity contribution >= 4 is 44.0 Å². The molecule has 10 rings (SSSR count). The number of likely N-dealkylation sites (tertiary alicyclic amines) is 1. The van der Waals surface area contributed by atoms with Gasteiger partial charge in [0.1, 0.15) is 23.8 Å². The molecule has 3 aromatic carbocycles. The van der Waals surface area contributed by atoms with Gasteiger partial charge in [-0.3, -0.25) is 24.7 Å². The molecule has 3 N–H and O–H groups in total. The number of aromatic amines is 1. The van der Waals surface area contributed by atoms with E-state index in [1.807, 2.05) is 12.1 Å². The number of H-pyrrole nitrogens is 1. The molecule has 6 heterocycles. The summed E-state index contributed by atoms with van der Waals surface area (Å²) in [5, 5.41) is 16.3. The minimum Gasteiger partial charge on any atom is -0.489 e. The van der Waals surface area contributed by atoms with E-state index in [4.69, 9.17) is 14.2 Å². The molecule has 16 nitrogen and oxygen atoms in total. The minimum atomic E-state index is -4.64. The Labute approximate surface area is 378 Å². The summed E-state index contributed by atoms with van der Waals surface area (Å²) in [6.07, 6.45) is 10.2. The third-order valence-electron chi connectivity index (χ3n) is 14.2. The van der Waals surface area contributed by atoms with Gasteiger partial charge < -0.3 is 29.4 Å². The molecule has 3 saturated heterocycles. The van der Waals surface area contributed by atoms with Gasteiger partial charge in [-0.05, 0) is 91.8 Å². The minimum absolute atomic E-state index is 0.0136. The number of nitrogens with one attached hydrogen (secondary N) is 3. The van der Waals surface area contributed by atoms with E-state index in [0.717, 1.165) is 62.7 Å². The van der Waals surface area contributed by atoms with Crippen LogP contribution in [0.3, 0.4) is 0 Å². The van der Waals surface area contributed by atoms with E-state index in [1.54, 1.807) is 30.6 Å². The summed E-state index contributed by atoms with van der Waals surface area (Å²) in [6.45, 7) is 10.8. The molecule has 17 heteroatoms. The normalized spacial score (nSPS) is 21.4. The van der Waals surface area contributed by atoms with Gasteiger partial charge in [-0.25, -0.2) is 18.1 Å². The van der Waals surface area contributed by atoms with E-state index in [-0.39, 0.29) is 35.4 Å². The van der Waals surface area contributed by atoms with Crippen molar-refractivity contribution in [2.75, 3.05) is 69.3 Å². The number of carbonyl (C=O) groups is 1. The summed E-state index contributed by atoms with van der Waals surface area (Å²) in [4.78, 5) is 40.0. The maximum Gasteiger partial charge on any atom is 0.297 e. The first-order valence-electron chi connectivity index (χ1n) is 22.9. The number of nitrogens with zero attached hydrogens (tertiary/aromatic N) is 5. The highest BCUT2D eigenvalue weighted by atomic mass is 32.2. The van der Waals surface area contributed by atoms with Crippen molar-refractivity contribution in [1.29, 1.82) is 0 Å². The smallest absolute Gasteiger partial charge is 0.297 e. The molecule has 1 amide bonds. The number of anilines is 2. The summed E-state index contributed by atoms with van der Waals surface area (Å²) >= 11 is 0. The van der Waals surface area contributed by atoms with Crippen LogP contribution in [0.15, 0.2) is 84.0 Å². The van der Waals surface area contributed by atoms with E-state index in [9.17, 15) is 23.3 Å². The standard InChI is InChI=1S/C48H56N8O8S/c1-31(2)38-6-3-4-7-39(38)41-8-5-15-55(41)35-26-48(27-35)12-16-54(17-13-48)34-9-10-40(43(23-34)64-36-22-32-11-14-49-46(32)50-28-36)47(57)52-65(60,61)37-24-42(56(58)59)45-44(25-37)63-30-33(51-45)29-53-18-20-62-21-19-53/h3-4,6-7,9-11,14,22-25,28,31,33,35,41,51H,5,8,12-13,15-21,26-27,29-30H2,1-2H3,(H,49,50)(H,52,57). The Kier molecular flexibility index (Phi) is 11.7. The highest BCUT2D eigenvalue weighted by molar-refractivity contribution is 7.90. The summed E-state index contributed by atoms with van der Waals surface area (Å²) < 4.78 is 47.7. The number of nitro benzene ring substituents is 1. The van der Waals surface area contributed by atoms with Crippen LogP contribution in [0.1, 0.15) is 85.8 Å². The molecule has 0 bridgehead atoms. The summed E-state index contributed by atoms with van der Waals surface area (Å²) in [6, 6.07) is 20.8. The topological polar surface area (TPSA) is 184 Å². The Balaban J connectivity index is 0.853. The molecule has 1 aliphatic carbocycles. The second kappa shape index (κ2) is 17.6. The van der Waals surface area contributed by atoms with Gasteiger partial charge in [0, 0.05) is 80.3 Å². The fraction of sp³-hybridized carbons (Fsp3) is 0.458. The Morgan fingerprint density at radius 3 is 2.62 bits per heavy atom. The lowest BCUT2D eigenvalue weighted by molar-refractivity contribution is -0.384. The number of pyridine rings is 1. The predicted octanol–water partition coefficient (Wildman–Crippen LogP) is 7.60. The summed E-state index contributed by atoms with van der Waals surface area (Å²) in [5.41, 5.74) is 4.37. The third-order valence-corrected chi connectivity index (χ3v) is 15.5. The lowest BCUT2D eigenvalue weighted by Crippen LogP contribution is -2.54. The average molecular weight is 905 g/mol. The van der Waals surface area contributed by atoms with E-state index in [1.165, 1.54) is 42.9 Å². The van der Waals surface area contributed by atoms with Gasteiger partial charge in [-0.2, -0.15) is 0 Å².